The summed E-state index contributed by atoms with van der Waals surface area (Å²) in [5.41, 5.74) is 0.536. The minimum Gasteiger partial charge on any atom is -0.467 e. The first-order valence-corrected chi connectivity index (χ1v) is 9.84. The summed E-state index contributed by atoms with van der Waals surface area (Å²) >= 11 is 6.44. The van der Waals surface area contributed by atoms with Crippen LogP contribution in [0.1, 0.15) is 18.2 Å². The Bertz CT molecular complexity index is 1150. The van der Waals surface area contributed by atoms with Crippen LogP contribution in [0.15, 0.2) is 56.9 Å². The van der Waals surface area contributed by atoms with E-state index >= 15 is 0 Å². The van der Waals surface area contributed by atoms with Crippen molar-refractivity contribution in [3.05, 3.63) is 69.4 Å². The molecule has 0 aromatic carbocycles. The van der Waals surface area contributed by atoms with Crippen LogP contribution in [0.25, 0.3) is 11.7 Å². The smallest absolute Gasteiger partial charge is 0.267 e. The molecule has 28 heavy (non-hydrogen) atoms. The van der Waals surface area contributed by atoms with Crippen molar-refractivity contribution < 1.29 is 9.21 Å². The van der Waals surface area contributed by atoms with Gasteiger partial charge in [0.05, 0.1) is 23.3 Å². The van der Waals surface area contributed by atoms with Gasteiger partial charge in [-0.05, 0) is 37.3 Å². The van der Waals surface area contributed by atoms with E-state index in [9.17, 15) is 9.59 Å². The van der Waals surface area contributed by atoms with Crippen LogP contribution in [-0.2, 0) is 11.3 Å². The average Bonchev–Trinajstić information content (AvgIpc) is 3.30. The van der Waals surface area contributed by atoms with Crippen LogP contribution in [0, 0.1) is 0 Å². The number of hydrogen-bond donors (Lipinski definition) is 1. The van der Waals surface area contributed by atoms with Gasteiger partial charge in [-0.3, -0.25) is 18.9 Å². The monoisotopic (exact) mass is 412 g/mol. The number of carbonyl (C=O) groups excluding carboxylic acids is 1. The summed E-state index contributed by atoms with van der Waals surface area (Å²) in [7, 11) is 0. The molecule has 0 radical (unpaired) electrons. The minimum absolute atomic E-state index is 0.202. The number of hydrogen-bond acceptors (Lipinski definition) is 7. The van der Waals surface area contributed by atoms with E-state index in [0.29, 0.717) is 45.1 Å². The van der Waals surface area contributed by atoms with Crippen molar-refractivity contribution in [3.63, 3.8) is 0 Å². The molecule has 1 fully saturated rings. The highest BCUT2D eigenvalue weighted by Crippen LogP contribution is 2.32. The molecule has 9 heteroatoms. The lowest BCUT2D eigenvalue weighted by Crippen LogP contribution is -2.27. The number of fused-ring (bicyclic) bond motifs is 1. The molecule has 1 amide bonds. The van der Waals surface area contributed by atoms with Gasteiger partial charge in [-0.15, -0.1) is 0 Å². The van der Waals surface area contributed by atoms with Gasteiger partial charge in [-0.1, -0.05) is 30.0 Å². The predicted molar refractivity (Wildman–Crippen MR) is 113 cm³/mol. The van der Waals surface area contributed by atoms with Gasteiger partial charge in [-0.2, -0.15) is 0 Å². The molecule has 4 heterocycles. The number of thiocarbonyl (C=S) groups is 1. The van der Waals surface area contributed by atoms with Gasteiger partial charge in [0.1, 0.15) is 21.5 Å². The molecule has 7 nitrogen and oxygen atoms in total. The molecule has 3 aromatic rings. The van der Waals surface area contributed by atoms with Crippen LogP contribution in [0.3, 0.4) is 0 Å². The van der Waals surface area contributed by atoms with Crippen molar-refractivity contribution in [1.82, 2.24) is 14.3 Å². The molecule has 0 spiro atoms. The number of carbonyl (C=O) groups is 1. The Labute approximate surface area is 170 Å². The van der Waals surface area contributed by atoms with E-state index in [-0.39, 0.29) is 11.5 Å². The zero-order valence-corrected chi connectivity index (χ0v) is 16.5. The van der Waals surface area contributed by atoms with E-state index in [1.165, 1.54) is 21.1 Å². The molecular formula is C19H16N4O3S2. The third-order valence-corrected chi connectivity index (χ3v) is 5.62. The largest absolute Gasteiger partial charge is 0.467 e. The average molecular weight is 412 g/mol. The molecule has 0 bridgehead atoms. The number of aromatic nitrogens is 2. The van der Waals surface area contributed by atoms with Crippen molar-refractivity contribution in [1.29, 1.82) is 0 Å². The lowest BCUT2D eigenvalue weighted by Gasteiger charge is -2.11. The number of likely N-dealkylation sites (N-methyl/N-ethyl adjacent to an activating group) is 1. The van der Waals surface area contributed by atoms with E-state index in [4.69, 9.17) is 16.6 Å². The van der Waals surface area contributed by atoms with E-state index in [2.05, 4.69) is 10.3 Å². The standard InChI is InChI=1S/C19H16N4O3S2/c1-2-22-18(25)14(28-19(22)27)10-13-16(20-11-12-6-5-9-26-12)21-15-7-3-4-8-23(15)17(13)24/h3-10,20H,2,11H2,1H3/b14-10-. The number of nitrogens with zero attached hydrogens (tertiary/aromatic N) is 3. The number of furan rings is 1. The fourth-order valence-electron chi connectivity index (χ4n) is 2.86. The number of anilines is 1. The van der Waals surface area contributed by atoms with Gasteiger partial charge in [0, 0.05) is 12.7 Å². The maximum atomic E-state index is 13.1. The second kappa shape index (κ2) is 7.61. The molecule has 1 aliphatic heterocycles. The minimum atomic E-state index is -0.269. The first kappa shape index (κ1) is 18.5. The second-order valence-electron chi connectivity index (χ2n) is 5.97. The number of rotatable bonds is 5. The van der Waals surface area contributed by atoms with Crippen molar-refractivity contribution >= 4 is 51.7 Å². The van der Waals surface area contributed by atoms with E-state index in [1.54, 1.807) is 36.7 Å². The van der Waals surface area contributed by atoms with Crippen molar-refractivity contribution in [2.45, 2.75) is 13.5 Å². The lowest BCUT2D eigenvalue weighted by molar-refractivity contribution is -0.121. The summed E-state index contributed by atoms with van der Waals surface area (Å²) in [6, 6.07) is 8.93. The summed E-state index contributed by atoms with van der Waals surface area (Å²) < 4.78 is 7.27. The summed E-state index contributed by atoms with van der Waals surface area (Å²) in [6.45, 7) is 2.70. The van der Waals surface area contributed by atoms with E-state index in [0.717, 1.165) is 0 Å². The van der Waals surface area contributed by atoms with E-state index < -0.39 is 0 Å². The van der Waals surface area contributed by atoms with Crippen LogP contribution >= 0.6 is 24.0 Å². The molecule has 4 rings (SSSR count). The van der Waals surface area contributed by atoms with Gasteiger partial charge in [0.25, 0.3) is 11.5 Å². The molecule has 3 aromatic heterocycles. The van der Waals surface area contributed by atoms with Crippen molar-refractivity contribution in [2.75, 3.05) is 11.9 Å². The van der Waals surface area contributed by atoms with Gasteiger partial charge >= 0.3 is 0 Å². The maximum absolute atomic E-state index is 13.1. The summed E-state index contributed by atoms with van der Waals surface area (Å²) in [4.78, 5) is 32.1. The molecular weight excluding hydrogens is 396 g/mol. The Morgan fingerprint density at radius 1 is 1.29 bits per heavy atom. The SMILES string of the molecule is CCN1C(=O)/C(=C/c2c(NCc3ccco3)nc3ccccn3c2=O)SC1=S. The first-order chi connectivity index (χ1) is 13.6. The van der Waals surface area contributed by atoms with Gasteiger partial charge in [-0.25, -0.2) is 4.98 Å². The Morgan fingerprint density at radius 2 is 2.14 bits per heavy atom. The Hall–Kier alpha value is -2.91. The zero-order valence-electron chi connectivity index (χ0n) is 14.9. The molecule has 142 valence electrons. The topological polar surface area (TPSA) is 79.8 Å². The lowest BCUT2D eigenvalue weighted by atomic mass is 10.2. The highest BCUT2D eigenvalue weighted by molar-refractivity contribution is 8.26. The molecule has 1 aliphatic rings. The van der Waals surface area contributed by atoms with Crippen LogP contribution in [0.4, 0.5) is 5.82 Å². The van der Waals surface area contributed by atoms with Crippen molar-refractivity contribution in [2.24, 2.45) is 0 Å². The van der Waals surface area contributed by atoms with Crippen LogP contribution in [0.2, 0.25) is 0 Å². The van der Waals surface area contributed by atoms with Crippen LogP contribution in [-0.4, -0.2) is 31.1 Å². The van der Waals surface area contributed by atoms with Crippen molar-refractivity contribution in [3.8, 4) is 0 Å². The Morgan fingerprint density at radius 3 is 2.86 bits per heavy atom. The third kappa shape index (κ3) is 3.34. The molecule has 0 unspecified atom stereocenters. The molecule has 0 saturated carbocycles. The number of amides is 1. The zero-order chi connectivity index (χ0) is 19.7. The van der Waals surface area contributed by atoms with Gasteiger partial charge < -0.3 is 9.73 Å². The third-order valence-electron chi connectivity index (χ3n) is 4.24. The highest BCUT2D eigenvalue weighted by atomic mass is 32.2. The Balaban J connectivity index is 1.81. The van der Waals surface area contributed by atoms with Crippen LogP contribution < -0.4 is 10.9 Å². The highest BCUT2D eigenvalue weighted by Gasteiger charge is 2.31. The normalized spacial score (nSPS) is 15.8. The van der Waals surface area contributed by atoms with Gasteiger partial charge in [0.15, 0.2) is 0 Å². The molecule has 0 aliphatic carbocycles. The fourth-order valence-corrected chi connectivity index (χ4v) is 4.22. The summed E-state index contributed by atoms with van der Waals surface area (Å²) in [5, 5.41) is 3.14. The molecule has 0 atom stereocenters. The fraction of sp³-hybridized carbons (Fsp3) is 0.158. The number of nitrogens with one attached hydrogen (secondary N) is 1. The molecule has 1 saturated heterocycles. The summed E-state index contributed by atoms with van der Waals surface area (Å²) in [6.07, 6.45) is 4.79. The Kier molecular flexibility index (Phi) is 5.01. The maximum Gasteiger partial charge on any atom is 0.267 e. The first-order valence-electron chi connectivity index (χ1n) is 8.61. The second-order valence-corrected chi connectivity index (χ2v) is 7.64. The number of pyridine rings is 1. The van der Waals surface area contributed by atoms with E-state index in [1.807, 2.05) is 19.1 Å². The van der Waals surface area contributed by atoms with Crippen LogP contribution in [0.5, 0.6) is 0 Å². The van der Waals surface area contributed by atoms with Gasteiger partial charge in [0.2, 0.25) is 0 Å². The quantitative estimate of drug-likeness (QED) is 0.509. The molecule has 1 N–H and O–H groups in total. The predicted octanol–water partition coefficient (Wildman–Crippen LogP) is 3.12. The number of thioether (sulfide) groups is 1. The summed E-state index contributed by atoms with van der Waals surface area (Å²) in [5.74, 6) is 0.889.